The minimum atomic E-state index is 0.318. The number of fused-ring (bicyclic) bond motifs is 1. The van der Waals surface area contributed by atoms with E-state index in [1.807, 2.05) is 30.3 Å². The fraction of sp³-hybridized carbons (Fsp3) is 0. The summed E-state index contributed by atoms with van der Waals surface area (Å²) in [5.41, 5.74) is 7.12. The second-order valence-electron chi connectivity index (χ2n) is 4.21. The Morgan fingerprint density at radius 2 is 2.00 bits per heavy atom. The number of benzene rings is 1. The molecule has 2 aromatic heterocycles. The largest absolute Gasteiger partial charge is 0.439 e. The summed E-state index contributed by atoms with van der Waals surface area (Å²) in [5.74, 6) is 1.17. The van der Waals surface area contributed by atoms with Gasteiger partial charge >= 0.3 is 0 Å². The van der Waals surface area contributed by atoms with Crippen LogP contribution in [0.25, 0.3) is 10.9 Å². The van der Waals surface area contributed by atoms with Gasteiger partial charge in [-0.15, -0.1) is 0 Å². The standard InChI is InChI=1S/C15H11N3OS/c16-15(20)11-4-6-14(18-9-11)19-12-5-3-10-2-1-7-17-13(10)8-12/h1-9H,(H2,16,20). The van der Waals surface area contributed by atoms with Gasteiger partial charge in [0.05, 0.1) is 5.52 Å². The molecule has 1 aromatic carbocycles. The highest BCUT2D eigenvalue weighted by Crippen LogP contribution is 2.23. The first-order valence-corrected chi connectivity index (χ1v) is 6.42. The first-order chi connectivity index (χ1) is 9.72. The number of hydrogen-bond donors (Lipinski definition) is 1. The van der Waals surface area contributed by atoms with Crippen LogP contribution in [0.3, 0.4) is 0 Å². The number of thiocarbonyl (C=S) groups is 1. The van der Waals surface area contributed by atoms with Crippen LogP contribution in [0.2, 0.25) is 0 Å². The van der Waals surface area contributed by atoms with Gasteiger partial charge in [0, 0.05) is 35.5 Å². The molecule has 0 fully saturated rings. The highest BCUT2D eigenvalue weighted by molar-refractivity contribution is 7.80. The molecular formula is C15H11N3OS. The average Bonchev–Trinajstić information content (AvgIpc) is 2.48. The first kappa shape index (κ1) is 12.5. The Labute approximate surface area is 121 Å². The molecule has 0 atom stereocenters. The zero-order valence-electron chi connectivity index (χ0n) is 10.5. The van der Waals surface area contributed by atoms with Crippen molar-refractivity contribution in [3.8, 4) is 11.6 Å². The van der Waals surface area contributed by atoms with Crippen LogP contribution in [0.5, 0.6) is 11.6 Å². The molecule has 0 aliphatic rings. The molecule has 4 nitrogen and oxygen atoms in total. The van der Waals surface area contributed by atoms with Crippen molar-refractivity contribution in [1.29, 1.82) is 0 Å². The smallest absolute Gasteiger partial charge is 0.219 e. The summed E-state index contributed by atoms with van der Waals surface area (Å²) in [5, 5.41) is 1.07. The van der Waals surface area contributed by atoms with Crippen LogP contribution in [0, 0.1) is 0 Å². The van der Waals surface area contributed by atoms with Crippen molar-refractivity contribution in [1.82, 2.24) is 9.97 Å². The lowest BCUT2D eigenvalue weighted by Crippen LogP contribution is -2.09. The van der Waals surface area contributed by atoms with Gasteiger partial charge in [-0.05, 0) is 24.3 Å². The molecule has 0 amide bonds. The van der Waals surface area contributed by atoms with Crippen molar-refractivity contribution < 1.29 is 4.74 Å². The van der Waals surface area contributed by atoms with E-state index in [4.69, 9.17) is 22.7 Å². The van der Waals surface area contributed by atoms with Gasteiger partial charge in [0.1, 0.15) is 10.7 Å². The molecule has 20 heavy (non-hydrogen) atoms. The summed E-state index contributed by atoms with van der Waals surface area (Å²) in [6, 6.07) is 13.1. The molecule has 0 aliphatic carbocycles. The quantitative estimate of drug-likeness (QED) is 0.748. The molecule has 0 saturated carbocycles. The number of nitrogens with zero attached hydrogens (tertiary/aromatic N) is 2. The van der Waals surface area contributed by atoms with Gasteiger partial charge < -0.3 is 10.5 Å². The molecule has 0 spiro atoms. The maximum atomic E-state index is 5.69. The van der Waals surface area contributed by atoms with Gasteiger partial charge in [-0.2, -0.15) is 0 Å². The number of hydrogen-bond acceptors (Lipinski definition) is 4. The van der Waals surface area contributed by atoms with Crippen LogP contribution in [-0.2, 0) is 0 Å². The normalized spacial score (nSPS) is 10.4. The molecule has 0 aliphatic heterocycles. The molecule has 3 aromatic rings. The molecule has 2 N–H and O–H groups in total. The minimum absolute atomic E-state index is 0.318. The fourth-order valence-electron chi connectivity index (χ4n) is 1.82. The predicted octanol–water partition coefficient (Wildman–Crippen LogP) is 3.06. The summed E-state index contributed by atoms with van der Waals surface area (Å²) in [7, 11) is 0. The van der Waals surface area contributed by atoms with Gasteiger partial charge in [0.15, 0.2) is 0 Å². The van der Waals surface area contributed by atoms with Gasteiger partial charge in [-0.25, -0.2) is 4.98 Å². The molecule has 98 valence electrons. The highest BCUT2D eigenvalue weighted by atomic mass is 32.1. The average molecular weight is 281 g/mol. The zero-order valence-corrected chi connectivity index (χ0v) is 11.3. The Morgan fingerprint density at radius 3 is 2.75 bits per heavy atom. The van der Waals surface area contributed by atoms with E-state index in [9.17, 15) is 0 Å². The summed E-state index contributed by atoms with van der Waals surface area (Å²) in [6.07, 6.45) is 3.35. The van der Waals surface area contributed by atoms with E-state index in [1.54, 1.807) is 24.5 Å². The van der Waals surface area contributed by atoms with E-state index in [0.717, 1.165) is 10.9 Å². The van der Waals surface area contributed by atoms with Crippen molar-refractivity contribution in [2.75, 3.05) is 0 Å². The minimum Gasteiger partial charge on any atom is -0.439 e. The lowest BCUT2D eigenvalue weighted by Gasteiger charge is -2.06. The van der Waals surface area contributed by atoms with Crippen LogP contribution in [0.4, 0.5) is 0 Å². The Kier molecular flexibility index (Phi) is 3.26. The third-order valence-corrected chi connectivity index (χ3v) is 3.06. The van der Waals surface area contributed by atoms with Crippen molar-refractivity contribution >= 4 is 28.1 Å². The van der Waals surface area contributed by atoms with Crippen molar-refractivity contribution in [2.24, 2.45) is 5.73 Å². The van der Waals surface area contributed by atoms with Crippen LogP contribution in [0.1, 0.15) is 5.56 Å². The van der Waals surface area contributed by atoms with E-state index >= 15 is 0 Å². The number of nitrogens with two attached hydrogens (primary N) is 1. The predicted molar refractivity (Wildman–Crippen MR) is 81.9 cm³/mol. The molecule has 0 unspecified atom stereocenters. The van der Waals surface area contributed by atoms with E-state index in [-0.39, 0.29) is 0 Å². The van der Waals surface area contributed by atoms with E-state index in [1.165, 1.54) is 0 Å². The maximum absolute atomic E-state index is 5.69. The maximum Gasteiger partial charge on any atom is 0.219 e. The van der Waals surface area contributed by atoms with E-state index < -0.39 is 0 Å². The summed E-state index contributed by atoms with van der Waals surface area (Å²) < 4.78 is 5.69. The molecule has 2 heterocycles. The van der Waals surface area contributed by atoms with Gasteiger partial charge in [0.25, 0.3) is 0 Å². The Balaban J connectivity index is 1.87. The topological polar surface area (TPSA) is 61.0 Å². The second kappa shape index (κ2) is 5.22. The third kappa shape index (κ3) is 2.57. The number of pyridine rings is 2. The SMILES string of the molecule is NC(=S)c1ccc(Oc2ccc3cccnc3c2)nc1. The summed E-state index contributed by atoms with van der Waals surface area (Å²) in [4.78, 5) is 8.77. The summed E-state index contributed by atoms with van der Waals surface area (Å²) in [6.45, 7) is 0. The monoisotopic (exact) mass is 281 g/mol. The second-order valence-corrected chi connectivity index (χ2v) is 4.65. The highest BCUT2D eigenvalue weighted by Gasteiger charge is 2.02. The summed E-state index contributed by atoms with van der Waals surface area (Å²) >= 11 is 4.88. The lowest BCUT2D eigenvalue weighted by atomic mass is 10.2. The van der Waals surface area contributed by atoms with Crippen LogP contribution in [-0.4, -0.2) is 15.0 Å². The molecule has 0 radical (unpaired) electrons. The first-order valence-electron chi connectivity index (χ1n) is 6.01. The van der Waals surface area contributed by atoms with Crippen LogP contribution < -0.4 is 10.5 Å². The zero-order chi connectivity index (χ0) is 13.9. The number of ether oxygens (including phenoxy) is 1. The van der Waals surface area contributed by atoms with Crippen molar-refractivity contribution in [2.45, 2.75) is 0 Å². The Hall–Kier alpha value is -2.53. The van der Waals surface area contributed by atoms with Crippen molar-refractivity contribution in [3.05, 3.63) is 60.4 Å². The van der Waals surface area contributed by atoms with E-state index in [0.29, 0.717) is 22.2 Å². The van der Waals surface area contributed by atoms with Gasteiger partial charge in [-0.3, -0.25) is 4.98 Å². The van der Waals surface area contributed by atoms with Gasteiger partial charge in [0.2, 0.25) is 5.88 Å². The lowest BCUT2D eigenvalue weighted by molar-refractivity contribution is 0.463. The van der Waals surface area contributed by atoms with Crippen LogP contribution in [0.15, 0.2) is 54.9 Å². The third-order valence-electron chi connectivity index (χ3n) is 2.82. The Morgan fingerprint density at radius 1 is 1.10 bits per heavy atom. The number of rotatable bonds is 3. The molecular weight excluding hydrogens is 270 g/mol. The fourth-order valence-corrected chi connectivity index (χ4v) is 1.94. The van der Waals surface area contributed by atoms with Crippen molar-refractivity contribution in [3.63, 3.8) is 0 Å². The molecule has 0 bridgehead atoms. The molecule has 3 rings (SSSR count). The van der Waals surface area contributed by atoms with E-state index in [2.05, 4.69) is 9.97 Å². The van der Waals surface area contributed by atoms with Crippen LogP contribution >= 0.6 is 12.2 Å². The van der Waals surface area contributed by atoms with Gasteiger partial charge in [-0.1, -0.05) is 18.3 Å². The number of aromatic nitrogens is 2. The molecule has 5 heteroatoms. The Bertz CT molecular complexity index is 771. The molecule has 0 saturated heterocycles.